The van der Waals surface area contributed by atoms with E-state index in [0.717, 1.165) is 114 Å². The lowest BCUT2D eigenvalue weighted by Crippen LogP contribution is -2.30. The molecule has 3 N–H and O–H groups in total. The van der Waals surface area contributed by atoms with Gasteiger partial charge in [-0.25, -0.2) is 9.13 Å². The van der Waals surface area contributed by atoms with E-state index in [0.29, 0.717) is 31.6 Å². The summed E-state index contributed by atoms with van der Waals surface area (Å²) >= 11 is 0. The molecule has 0 aliphatic heterocycles. The molecule has 0 rings (SSSR count). The number of rotatable bonds is 63. The summed E-state index contributed by atoms with van der Waals surface area (Å²) in [7, 11) is -9.89. The summed E-state index contributed by atoms with van der Waals surface area (Å²) in [5.74, 6) is 0.823. The monoisotopic (exact) mass is 1250 g/mol. The maximum atomic E-state index is 13.0. The average Bonchev–Trinajstić information content (AvgIpc) is 3.64. The van der Waals surface area contributed by atoms with E-state index in [1.54, 1.807) is 0 Å². The molecule has 0 aliphatic carbocycles. The Bertz CT molecular complexity index is 1700. The average molecular weight is 1260 g/mol. The Hall–Kier alpha value is -1.94. The van der Waals surface area contributed by atoms with Crippen molar-refractivity contribution in [3.8, 4) is 0 Å². The lowest BCUT2D eigenvalue weighted by molar-refractivity contribution is -0.161. The maximum Gasteiger partial charge on any atom is 0.472 e. The molecule has 0 aromatic rings. The van der Waals surface area contributed by atoms with Crippen LogP contribution in [0, 0.1) is 23.7 Å². The largest absolute Gasteiger partial charge is 0.472 e. The Labute approximate surface area is 517 Å². The molecule has 4 unspecified atom stereocenters. The van der Waals surface area contributed by atoms with Crippen molar-refractivity contribution in [3.05, 3.63) is 0 Å². The Balaban J connectivity index is 5.27. The lowest BCUT2D eigenvalue weighted by Gasteiger charge is -2.21. The number of hydrogen-bond acceptors (Lipinski definition) is 15. The predicted octanol–water partition coefficient (Wildman–Crippen LogP) is 18.1. The van der Waals surface area contributed by atoms with Gasteiger partial charge in [0.05, 0.1) is 26.4 Å². The summed E-state index contributed by atoms with van der Waals surface area (Å²) in [5, 5.41) is 10.6. The van der Waals surface area contributed by atoms with Crippen LogP contribution in [-0.4, -0.2) is 96.7 Å². The summed E-state index contributed by atoms with van der Waals surface area (Å²) in [4.78, 5) is 72.3. The molecule has 0 aliphatic rings. The van der Waals surface area contributed by atoms with Crippen LogP contribution in [0.3, 0.4) is 0 Å². The number of aliphatic hydroxyl groups excluding tert-OH is 1. The van der Waals surface area contributed by atoms with E-state index in [1.165, 1.54) is 116 Å². The number of ether oxygens (including phenoxy) is 4. The van der Waals surface area contributed by atoms with Crippen LogP contribution in [-0.2, 0) is 65.4 Å². The maximum absolute atomic E-state index is 13.0. The highest BCUT2D eigenvalue weighted by molar-refractivity contribution is 7.47. The van der Waals surface area contributed by atoms with Crippen LogP contribution in [0.15, 0.2) is 0 Å². The first-order chi connectivity index (χ1) is 40.7. The third kappa shape index (κ3) is 58.2. The van der Waals surface area contributed by atoms with Gasteiger partial charge in [-0.2, -0.15) is 0 Å². The lowest BCUT2D eigenvalue weighted by atomic mass is 9.99. The van der Waals surface area contributed by atoms with Crippen LogP contribution in [0.2, 0.25) is 0 Å². The molecule has 504 valence electrons. The molecule has 0 aromatic heterocycles. The van der Waals surface area contributed by atoms with E-state index < -0.39 is 97.5 Å². The minimum atomic E-state index is -4.95. The van der Waals surface area contributed by atoms with E-state index in [2.05, 4.69) is 55.4 Å². The van der Waals surface area contributed by atoms with Crippen LogP contribution in [0.5, 0.6) is 0 Å². The molecule has 17 nitrogen and oxygen atoms in total. The number of esters is 4. The van der Waals surface area contributed by atoms with Crippen LogP contribution >= 0.6 is 15.6 Å². The zero-order valence-corrected chi connectivity index (χ0v) is 57.0. The van der Waals surface area contributed by atoms with Gasteiger partial charge in [0.15, 0.2) is 12.2 Å². The van der Waals surface area contributed by atoms with Crippen LogP contribution < -0.4 is 0 Å². The van der Waals surface area contributed by atoms with Crippen LogP contribution in [0.1, 0.15) is 319 Å². The van der Waals surface area contributed by atoms with E-state index in [4.69, 9.17) is 37.0 Å². The molecular weight excluding hydrogens is 1130 g/mol. The zero-order valence-electron chi connectivity index (χ0n) is 55.2. The quantitative estimate of drug-likeness (QED) is 0.0222. The highest BCUT2D eigenvalue weighted by Crippen LogP contribution is 2.45. The number of hydrogen-bond donors (Lipinski definition) is 3. The minimum Gasteiger partial charge on any atom is -0.462 e. The molecule has 0 saturated carbocycles. The second-order valence-electron chi connectivity index (χ2n) is 25.3. The first-order valence-corrected chi connectivity index (χ1v) is 37.3. The normalized spacial score (nSPS) is 15.0. The molecule has 85 heavy (non-hydrogen) atoms. The molecular formula is C66H128O17P2. The molecule has 0 heterocycles. The van der Waals surface area contributed by atoms with Gasteiger partial charge in [-0.15, -0.1) is 0 Å². The van der Waals surface area contributed by atoms with Gasteiger partial charge in [-0.3, -0.25) is 37.3 Å². The molecule has 0 fully saturated rings. The number of phosphoric ester groups is 2. The molecule has 0 aromatic carbocycles. The first kappa shape index (κ1) is 83.1. The molecule has 0 amide bonds. The van der Waals surface area contributed by atoms with Crippen LogP contribution in [0.25, 0.3) is 0 Å². The van der Waals surface area contributed by atoms with Crippen molar-refractivity contribution in [1.82, 2.24) is 0 Å². The van der Waals surface area contributed by atoms with Gasteiger partial charge in [0, 0.05) is 25.7 Å². The number of unbranched alkanes of at least 4 members (excludes halogenated alkanes) is 27. The molecule has 7 atom stereocenters. The van der Waals surface area contributed by atoms with Gasteiger partial charge in [0.1, 0.15) is 19.3 Å². The van der Waals surface area contributed by atoms with Crippen LogP contribution in [0.4, 0.5) is 0 Å². The molecule has 0 radical (unpaired) electrons. The van der Waals surface area contributed by atoms with Crippen molar-refractivity contribution in [2.24, 2.45) is 23.7 Å². The fraction of sp³-hybridized carbons (Fsp3) is 0.939. The molecule has 19 heteroatoms. The SMILES string of the molecule is CCC(C)CCCCCCCCCCC(=O)O[C@H](COC(=O)CCCCCCCCCCCC(C)C)COP(=O)(O)OC[C@@H](O)COP(=O)(O)OC[C@@H](COC(=O)CCCCCCCCC(C)C)OC(=O)CCCCCCCCCCC(C)CC. The second-order valence-corrected chi connectivity index (χ2v) is 28.2. The van der Waals surface area contributed by atoms with Gasteiger partial charge in [-0.1, -0.05) is 267 Å². The molecule has 0 bridgehead atoms. The molecule has 0 spiro atoms. The first-order valence-electron chi connectivity index (χ1n) is 34.3. The second kappa shape index (κ2) is 56.1. The van der Waals surface area contributed by atoms with Crippen molar-refractivity contribution < 1.29 is 80.2 Å². The summed E-state index contributed by atoms with van der Waals surface area (Å²) in [6, 6.07) is 0. The summed E-state index contributed by atoms with van der Waals surface area (Å²) in [5.41, 5.74) is 0. The highest BCUT2D eigenvalue weighted by atomic mass is 31.2. The van der Waals surface area contributed by atoms with Gasteiger partial charge in [0.25, 0.3) is 0 Å². The van der Waals surface area contributed by atoms with Crippen molar-refractivity contribution in [3.63, 3.8) is 0 Å². The number of phosphoric acid groups is 2. The minimum absolute atomic E-state index is 0.103. The van der Waals surface area contributed by atoms with E-state index in [-0.39, 0.29) is 25.7 Å². The fourth-order valence-electron chi connectivity index (χ4n) is 9.72. The molecule has 0 saturated heterocycles. The predicted molar refractivity (Wildman–Crippen MR) is 340 cm³/mol. The third-order valence-corrected chi connectivity index (χ3v) is 17.7. The van der Waals surface area contributed by atoms with E-state index >= 15 is 0 Å². The third-order valence-electron chi connectivity index (χ3n) is 15.8. The van der Waals surface area contributed by atoms with Gasteiger partial charge in [-0.05, 0) is 49.4 Å². The van der Waals surface area contributed by atoms with E-state index in [1.807, 2.05) is 0 Å². The van der Waals surface area contributed by atoms with Gasteiger partial charge >= 0.3 is 39.5 Å². The summed E-state index contributed by atoms with van der Waals surface area (Å²) in [6.45, 7) is 14.0. The Kier molecular flexibility index (Phi) is 54.8. The standard InChI is InChI=1S/C66H128O17P2/c1-9-58(7)44-36-28-19-14-16-22-32-40-48-65(70)82-61(52-76-63(68)46-38-30-21-13-11-12-18-26-34-42-56(3)4)54-80-84(72,73)78-50-60(67)51-79-85(74,75)81-55-62(53-77-64(69)47-39-31-25-24-27-35-43-57(5)6)83-66(71)49-41-33-23-17-15-20-29-37-45-59(8)10-2/h56-62,67H,9-55H2,1-8H3,(H,72,73)(H,74,75)/t58?,59?,60-,61-,62-/m1/s1. The summed E-state index contributed by atoms with van der Waals surface area (Å²) < 4.78 is 68.1. The zero-order chi connectivity index (χ0) is 63.2. The Morgan fingerprint density at radius 3 is 0.835 bits per heavy atom. The van der Waals surface area contributed by atoms with Crippen molar-refractivity contribution in [1.29, 1.82) is 0 Å². The number of carbonyl (C=O) groups is 4. The van der Waals surface area contributed by atoms with Crippen molar-refractivity contribution in [2.45, 2.75) is 337 Å². The number of aliphatic hydroxyl groups is 1. The van der Waals surface area contributed by atoms with Crippen molar-refractivity contribution in [2.75, 3.05) is 39.6 Å². The topological polar surface area (TPSA) is 237 Å². The Morgan fingerprint density at radius 1 is 0.329 bits per heavy atom. The van der Waals surface area contributed by atoms with Gasteiger partial charge in [0.2, 0.25) is 0 Å². The highest BCUT2D eigenvalue weighted by Gasteiger charge is 2.30. The fourth-order valence-corrected chi connectivity index (χ4v) is 11.3. The van der Waals surface area contributed by atoms with Gasteiger partial charge < -0.3 is 33.8 Å². The smallest absolute Gasteiger partial charge is 0.462 e. The van der Waals surface area contributed by atoms with Crippen molar-refractivity contribution >= 4 is 39.5 Å². The summed E-state index contributed by atoms with van der Waals surface area (Å²) in [6.07, 6.45) is 36.2. The van der Waals surface area contributed by atoms with E-state index in [9.17, 15) is 43.2 Å². The number of carbonyl (C=O) groups excluding carboxylic acids is 4. The Morgan fingerprint density at radius 2 is 0.565 bits per heavy atom.